The molecule has 0 aromatic carbocycles. The van der Waals surface area contributed by atoms with Gasteiger partial charge in [-0.2, -0.15) is 13.2 Å². The van der Waals surface area contributed by atoms with Crippen LogP contribution in [0.5, 0.6) is 0 Å². The normalized spacial score (nSPS) is 16.5. The number of anilines is 1. The highest BCUT2D eigenvalue weighted by Gasteiger charge is 2.32. The zero-order valence-electron chi connectivity index (χ0n) is 9.00. The minimum Gasteiger partial charge on any atom is -0.354 e. The van der Waals surface area contributed by atoms with Gasteiger partial charge in [0.2, 0.25) is 0 Å². The van der Waals surface area contributed by atoms with Crippen LogP contribution in [0, 0.1) is 0 Å². The molecule has 2 rings (SSSR count). The Bertz CT molecular complexity index is 364. The van der Waals surface area contributed by atoms with Gasteiger partial charge >= 0.3 is 6.18 Å². The average Bonchev–Trinajstić information content (AvgIpc) is 2.29. The quantitative estimate of drug-likeness (QED) is 0.843. The molecule has 2 heterocycles. The van der Waals surface area contributed by atoms with Crippen LogP contribution >= 0.6 is 12.4 Å². The van der Waals surface area contributed by atoms with Crippen LogP contribution in [0.15, 0.2) is 18.2 Å². The van der Waals surface area contributed by atoms with E-state index in [0.717, 1.165) is 19.2 Å². The second-order valence-corrected chi connectivity index (χ2v) is 3.62. The molecule has 1 aromatic rings. The second kappa shape index (κ2) is 5.55. The van der Waals surface area contributed by atoms with Crippen molar-refractivity contribution >= 4 is 18.2 Å². The van der Waals surface area contributed by atoms with Gasteiger partial charge in [0.15, 0.2) is 0 Å². The summed E-state index contributed by atoms with van der Waals surface area (Å²) in [4.78, 5) is 5.49. The maximum Gasteiger partial charge on any atom is 0.433 e. The third kappa shape index (κ3) is 3.47. The van der Waals surface area contributed by atoms with Gasteiger partial charge < -0.3 is 10.2 Å². The largest absolute Gasteiger partial charge is 0.433 e. The van der Waals surface area contributed by atoms with Crippen LogP contribution < -0.4 is 10.2 Å². The third-order valence-corrected chi connectivity index (χ3v) is 2.47. The molecule has 17 heavy (non-hydrogen) atoms. The number of pyridine rings is 1. The SMILES string of the molecule is Cl.FC(F)(F)c1cccc(N2CCNCC2)n1. The molecule has 0 spiro atoms. The van der Waals surface area contributed by atoms with Crippen LogP contribution in [0.4, 0.5) is 19.0 Å². The Kier molecular flexibility index (Phi) is 4.59. The Morgan fingerprint density at radius 2 is 1.82 bits per heavy atom. The van der Waals surface area contributed by atoms with Gasteiger partial charge in [-0.3, -0.25) is 0 Å². The van der Waals surface area contributed by atoms with Crippen molar-refractivity contribution in [2.24, 2.45) is 0 Å². The summed E-state index contributed by atoms with van der Waals surface area (Å²) in [6.07, 6.45) is -4.37. The summed E-state index contributed by atoms with van der Waals surface area (Å²) in [5.41, 5.74) is -0.830. The molecule has 0 bridgehead atoms. The van der Waals surface area contributed by atoms with E-state index in [9.17, 15) is 13.2 Å². The van der Waals surface area contributed by atoms with E-state index in [2.05, 4.69) is 10.3 Å². The molecule has 1 fully saturated rings. The Balaban J connectivity index is 0.00000144. The van der Waals surface area contributed by atoms with Crippen LogP contribution in [0.1, 0.15) is 5.69 Å². The molecule has 0 aliphatic carbocycles. The van der Waals surface area contributed by atoms with E-state index in [1.165, 1.54) is 6.07 Å². The van der Waals surface area contributed by atoms with E-state index in [0.29, 0.717) is 18.9 Å². The fourth-order valence-corrected chi connectivity index (χ4v) is 1.65. The average molecular weight is 268 g/mol. The van der Waals surface area contributed by atoms with Gasteiger partial charge in [0.05, 0.1) is 0 Å². The summed E-state index contributed by atoms with van der Waals surface area (Å²) >= 11 is 0. The lowest BCUT2D eigenvalue weighted by atomic mass is 10.3. The van der Waals surface area contributed by atoms with Gasteiger partial charge in [-0.25, -0.2) is 4.98 Å². The molecule has 0 amide bonds. The predicted molar refractivity (Wildman–Crippen MR) is 61.6 cm³/mol. The highest BCUT2D eigenvalue weighted by molar-refractivity contribution is 5.85. The van der Waals surface area contributed by atoms with E-state index < -0.39 is 11.9 Å². The molecule has 1 aliphatic heterocycles. The molecule has 96 valence electrons. The summed E-state index contributed by atoms with van der Waals surface area (Å²) in [6.45, 7) is 2.93. The number of piperazine rings is 1. The number of hydrogen-bond donors (Lipinski definition) is 1. The van der Waals surface area contributed by atoms with E-state index in [4.69, 9.17) is 0 Å². The highest BCUT2D eigenvalue weighted by atomic mass is 35.5. The van der Waals surface area contributed by atoms with Crippen molar-refractivity contribution in [3.8, 4) is 0 Å². The third-order valence-electron chi connectivity index (χ3n) is 2.47. The minimum absolute atomic E-state index is 0. The molecular weight excluding hydrogens is 255 g/mol. The molecule has 1 aliphatic rings. The van der Waals surface area contributed by atoms with Crippen molar-refractivity contribution in [3.05, 3.63) is 23.9 Å². The first kappa shape index (κ1) is 14.1. The van der Waals surface area contributed by atoms with Crippen molar-refractivity contribution in [1.29, 1.82) is 0 Å². The Morgan fingerprint density at radius 1 is 1.18 bits per heavy atom. The maximum atomic E-state index is 12.4. The molecule has 7 heteroatoms. The van der Waals surface area contributed by atoms with Crippen molar-refractivity contribution in [3.63, 3.8) is 0 Å². The lowest BCUT2D eigenvalue weighted by Gasteiger charge is -2.28. The monoisotopic (exact) mass is 267 g/mol. The molecule has 0 atom stereocenters. The van der Waals surface area contributed by atoms with Crippen LogP contribution in [-0.2, 0) is 6.18 Å². The van der Waals surface area contributed by atoms with E-state index in [-0.39, 0.29) is 12.4 Å². The zero-order valence-corrected chi connectivity index (χ0v) is 9.81. The van der Waals surface area contributed by atoms with Crippen LogP contribution in [0.25, 0.3) is 0 Å². The fraction of sp³-hybridized carbons (Fsp3) is 0.500. The summed E-state index contributed by atoms with van der Waals surface area (Å²) < 4.78 is 37.3. The summed E-state index contributed by atoms with van der Waals surface area (Å²) in [5, 5.41) is 3.14. The smallest absolute Gasteiger partial charge is 0.354 e. The van der Waals surface area contributed by atoms with Crippen molar-refractivity contribution < 1.29 is 13.2 Å². The molecule has 0 unspecified atom stereocenters. The van der Waals surface area contributed by atoms with Gasteiger partial charge in [-0.1, -0.05) is 6.07 Å². The number of halogens is 4. The Morgan fingerprint density at radius 3 is 2.41 bits per heavy atom. The Hall–Kier alpha value is -1.01. The highest BCUT2D eigenvalue weighted by Crippen LogP contribution is 2.28. The number of rotatable bonds is 1. The molecule has 3 nitrogen and oxygen atoms in total. The lowest BCUT2D eigenvalue weighted by molar-refractivity contribution is -0.141. The van der Waals surface area contributed by atoms with Gasteiger partial charge in [0.25, 0.3) is 0 Å². The first-order valence-corrected chi connectivity index (χ1v) is 5.07. The van der Waals surface area contributed by atoms with Gasteiger partial charge in [-0.05, 0) is 12.1 Å². The first-order valence-electron chi connectivity index (χ1n) is 5.07. The van der Waals surface area contributed by atoms with E-state index in [1.54, 1.807) is 6.07 Å². The molecule has 0 radical (unpaired) electrons. The Labute approximate surface area is 103 Å². The molecular formula is C10H13ClF3N3. The number of nitrogens with zero attached hydrogens (tertiary/aromatic N) is 2. The van der Waals surface area contributed by atoms with Crippen LogP contribution in [-0.4, -0.2) is 31.2 Å². The topological polar surface area (TPSA) is 28.2 Å². The fourth-order valence-electron chi connectivity index (χ4n) is 1.65. The van der Waals surface area contributed by atoms with E-state index >= 15 is 0 Å². The maximum absolute atomic E-state index is 12.4. The lowest BCUT2D eigenvalue weighted by Crippen LogP contribution is -2.44. The van der Waals surface area contributed by atoms with Gasteiger partial charge in [0, 0.05) is 26.2 Å². The predicted octanol–water partition coefficient (Wildman–Crippen LogP) is 1.93. The number of alkyl halides is 3. The number of hydrogen-bond acceptors (Lipinski definition) is 3. The summed E-state index contributed by atoms with van der Waals surface area (Å²) in [5.74, 6) is 0.399. The molecule has 1 saturated heterocycles. The van der Waals surface area contributed by atoms with Crippen molar-refractivity contribution in [2.45, 2.75) is 6.18 Å². The number of aromatic nitrogens is 1. The standard InChI is InChI=1S/C10H12F3N3.ClH/c11-10(12,13)8-2-1-3-9(15-8)16-6-4-14-5-7-16;/h1-3,14H,4-7H2;1H. The van der Waals surface area contributed by atoms with Gasteiger partial charge in [0.1, 0.15) is 11.5 Å². The molecule has 1 aromatic heterocycles. The second-order valence-electron chi connectivity index (χ2n) is 3.62. The van der Waals surface area contributed by atoms with Crippen molar-refractivity contribution in [1.82, 2.24) is 10.3 Å². The van der Waals surface area contributed by atoms with Gasteiger partial charge in [-0.15, -0.1) is 12.4 Å². The van der Waals surface area contributed by atoms with E-state index in [1.807, 2.05) is 4.90 Å². The summed E-state index contributed by atoms with van der Waals surface area (Å²) in [6, 6.07) is 4.00. The summed E-state index contributed by atoms with van der Waals surface area (Å²) in [7, 11) is 0. The molecule has 0 saturated carbocycles. The minimum atomic E-state index is -4.37. The number of nitrogens with one attached hydrogen (secondary N) is 1. The van der Waals surface area contributed by atoms with Crippen molar-refractivity contribution in [2.75, 3.05) is 31.1 Å². The van der Waals surface area contributed by atoms with Crippen LogP contribution in [0.3, 0.4) is 0 Å². The van der Waals surface area contributed by atoms with Crippen LogP contribution in [0.2, 0.25) is 0 Å². The molecule has 1 N–H and O–H groups in total. The first-order chi connectivity index (χ1) is 7.57. The zero-order chi connectivity index (χ0) is 11.6.